The van der Waals surface area contributed by atoms with Crippen LogP contribution in [0, 0.1) is 11.3 Å². The second-order valence-corrected chi connectivity index (χ2v) is 19.3. The summed E-state index contributed by atoms with van der Waals surface area (Å²) in [6.45, 7) is 5.25. The first-order valence-electron chi connectivity index (χ1n) is 23.4. The summed E-state index contributed by atoms with van der Waals surface area (Å²) in [6.07, 6.45) is 9.68. The number of imidazole rings is 1. The van der Waals surface area contributed by atoms with Crippen molar-refractivity contribution in [2.24, 2.45) is 18.4 Å². The Morgan fingerprint density at radius 1 is 0.985 bits per heavy atom. The third kappa shape index (κ3) is 7.54. The molecule has 66 heavy (non-hydrogen) atoms. The van der Waals surface area contributed by atoms with Gasteiger partial charge in [-0.2, -0.15) is 10.2 Å². The number of imide groups is 1. The van der Waals surface area contributed by atoms with Gasteiger partial charge in [0.25, 0.3) is 12.3 Å². The first-order valence-corrected chi connectivity index (χ1v) is 23.4. The van der Waals surface area contributed by atoms with E-state index in [9.17, 15) is 32.8 Å². The van der Waals surface area contributed by atoms with Gasteiger partial charge in [-0.3, -0.25) is 43.2 Å². The van der Waals surface area contributed by atoms with Crippen molar-refractivity contribution in [3.8, 4) is 0 Å². The van der Waals surface area contributed by atoms with E-state index in [0.29, 0.717) is 75.3 Å². The van der Waals surface area contributed by atoms with Crippen LogP contribution in [0.1, 0.15) is 111 Å². The standard InChI is InChI=1S/C46H54F2N12O6/c1-54-39-28(3-2-4-34(39)60(45(54)65)35-9-10-37(61)52-43(35)63)23-55-17-12-46(13-18-55)14-19-56(20-15-46)44(64)27-5-7-29(8-6-27)59-25-33(38(53-59)40(47)48)50-42(62)32-22-49-58-16-11-36(51-41(32)58)57-24-31-21-30(57)26-66-31/h2-4,11,16,22,25,27,29-31,35,40H,5-10,12-15,17-21,23-24,26H2,1H3,(H,50,62)(H,52,61,63)/t27-,29-,30-,31-,35?/m1/s1. The summed E-state index contributed by atoms with van der Waals surface area (Å²) < 4.78 is 40.6. The third-order valence-electron chi connectivity index (χ3n) is 15.6. The molecule has 5 saturated heterocycles. The van der Waals surface area contributed by atoms with Crippen LogP contribution in [0.15, 0.2) is 47.7 Å². The van der Waals surface area contributed by atoms with Crippen LogP contribution in [0.3, 0.4) is 0 Å². The van der Waals surface area contributed by atoms with Gasteiger partial charge in [-0.1, -0.05) is 12.1 Å². The van der Waals surface area contributed by atoms with Crippen molar-refractivity contribution in [1.82, 2.24) is 48.6 Å². The molecule has 4 aromatic heterocycles. The maximum absolute atomic E-state index is 14.4. The lowest BCUT2D eigenvalue weighted by molar-refractivity contribution is -0.140. The summed E-state index contributed by atoms with van der Waals surface area (Å²) >= 11 is 0. The zero-order valence-corrected chi connectivity index (χ0v) is 36.9. The number of rotatable bonds is 9. The summed E-state index contributed by atoms with van der Waals surface area (Å²) in [5, 5.41) is 13.6. The van der Waals surface area contributed by atoms with Crippen LogP contribution in [-0.4, -0.2) is 118 Å². The van der Waals surface area contributed by atoms with E-state index in [-0.39, 0.29) is 64.7 Å². The Bertz CT molecular complexity index is 2790. The number of halogens is 2. The van der Waals surface area contributed by atoms with E-state index in [1.807, 2.05) is 29.2 Å². The quantitative estimate of drug-likeness (QED) is 0.200. The molecule has 2 N–H and O–H groups in total. The van der Waals surface area contributed by atoms with Crippen molar-refractivity contribution in [2.75, 3.05) is 49.5 Å². The van der Waals surface area contributed by atoms with Crippen molar-refractivity contribution in [3.05, 3.63) is 70.2 Å². The highest BCUT2D eigenvalue weighted by Gasteiger charge is 2.42. The monoisotopic (exact) mass is 908 g/mol. The minimum Gasteiger partial charge on any atom is -0.374 e. The molecule has 6 fully saturated rings. The summed E-state index contributed by atoms with van der Waals surface area (Å²) in [5.74, 6) is -0.623. The van der Waals surface area contributed by atoms with E-state index >= 15 is 0 Å². The molecule has 6 aliphatic rings. The fourth-order valence-electron chi connectivity index (χ4n) is 11.7. The predicted molar refractivity (Wildman–Crippen MR) is 236 cm³/mol. The van der Waals surface area contributed by atoms with Gasteiger partial charge in [-0.25, -0.2) is 23.1 Å². The number of nitrogens with zero attached hydrogens (tertiary/aromatic N) is 10. The molecule has 5 aliphatic heterocycles. The molecule has 1 aromatic carbocycles. The lowest BCUT2D eigenvalue weighted by atomic mass is 9.71. The Kier molecular flexibility index (Phi) is 10.8. The molecule has 3 atom stereocenters. The number of alkyl halides is 2. The molecule has 0 radical (unpaired) electrons. The molecule has 1 unspecified atom stereocenters. The number of ether oxygens (including phenoxy) is 1. The van der Waals surface area contributed by atoms with E-state index in [1.54, 1.807) is 17.8 Å². The Labute approximate surface area is 378 Å². The molecular weight excluding hydrogens is 855 g/mol. The summed E-state index contributed by atoms with van der Waals surface area (Å²) in [5.41, 5.74) is 2.35. The maximum Gasteiger partial charge on any atom is 0.329 e. The van der Waals surface area contributed by atoms with E-state index in [1.165, 1.54) is 26.2 Å². The average molecular weight is 909 g/mol. The summed E-state index contributed by atoms with van der Waals surface area (Å²) in [7, 11) is 1.73. The van der Waals surface area contributed by atoms with Crippen molar-refractivity contribution < 1.29 is 32.7 Å². The van der Waals surface area contributed by atoms with Gasteiger partial charge < -0.3 is 19.9 Å². The number of aromatic nitrogens is 7. The van der Waals surface area contributed by atoms with Crippen LogP contribution < -0.4 is 21.2 Å². The molecule has 20 heteroatoms. The van der Waals surface area contributed by atoms with Crippen molar-refractivity contribution in [3.63, 3.8) is 0 Å². The number of hydrogen-bond donors (Lipinski definition) is 2. The van der Waals surface area contributed by atoms with E-state index in [4.69, 9.17) is 9.72 Å². The Hall–Kier alpha value is -6.02. The molecule has 1 aliphatic carbocycles. The maximum atomic E-state index is 14.4. The minimum atomic E-state index is -2.91. The van der Waals surface area contributed by atoms with Crippen molar-refractivity contribution in [2.45, 2.75) is 108 Å². The molecular formula is C46H54F2N12O6. The number of carbonyl (C=O) groups excluding carboxylic acids is 4. The normalized spacial score (nSPS) is 25.7. The van der Waals surface area contributed by atoms with Crippen LogP contribution in [0.2, 0.25) is 0 Å². The van der Waals surface area contributed by atoms with Gasteiger partial charge in [-0.05, 0) is 100 Å². The highest BCUT2D eigenvalue weighted by molar-refractivity contribution is 6.08. The number of nitrogens with one attached hydrogen (secondary N) is 2. The van der Waals surface area contributed by atoms with Gasteiger partial charge in [0, 0.05) is 58.0 Å². The lowest BCUT2D eigenvalue weighted by Crippen LogP contribution is -2.49. The number of benzene rings is 1. The summed E-state index contributed by atoms with van der Waals surface area (Å²) in [6, 6.07) is 7.00. The Morgan fingerprint density at radius 2 is 1.76 bits per heavy atom. The van der Waals surface area contributed by atoms with Crippen LogP contribution in [0.25, 0.3) is 16.7 Å². The van der Waals surface area contributed by atoms with Gasteiger partial charge in [0.1, 0.15) is 17.4 Å². The zero-order chi connectivity index (χ0) is 45.4. The fraction of sp³-hybridized carbons (Fsp3) is 0.565. The largest absolute Gasteiger partial charge is 0.374 e. The minimum absolute atomic E-state index is 0.0585. The second kappa shape index (κ2) is 16.7. The molecule has 1 saturated carbocycles. The smallest absolute Gasteiger partial charge is 0.329 e. The molecule has 1 spiro atoms. The van der Waals surface area contributed by atoms with E-state index in [2.05, 4.69) is 30.6 Å². The van der Waals surface area contributed by atoms with Crippen molar-refractivity contribution in [1.29, 1.82) is 0 Å². The van der Waals surface area contributed by atoms with E-state index < -0.39 is 30.0 Å². The zero-order valence-electron chi connectivity index (χ0n) is 36.9. The van der Waals surface area contributed by atoms with Crippen LogP contribution in [-0.2, 0) is 32.7 Å². The van der Waals surface area contributed by atoms with Gasteiger partial charge >= 0.3 is 5.69 Å². The average Bonchev–Trinajstić information content (AvgIpc) is 4.18. The van der Waals surface area contributed by atoms with Crippen LogP contribution in [0.4, 0.5) is 20.3 Å². The van der Waals surface area contributed by atoms with Crippen LogP contribution in [0.5, 0.6) is 0 Å². The molecule has 18 nitrogen and oxygen atoms in total. The molecule has 9 heterocycles. The van der Waals surface area contributed by atoms with Crippen LogP contribution >= 0.6 is 0 Å². The number of amides is 4. The fourth-order valence-corrected chi connectivity index (χ4v) is 11.7. The lowest BCUT2D eigenvalue weighted by Gasteiger charge is -2.47. The number of piperidine rings is 3. The van der Waals surface area contributed by atoms with Gasteiger partial charge in [0.2, 0.25) is 17.7 Å². The number of hydrogen-bond acceptors (Lipinski definition) is 11. The Morgan fingerprint density at radius 3 is 2.47 bits per heavy atom. The predicted octanol–water partition coefficient (Wildman–Crippen LogP) is 4.36. The summed E-state index contributed by atoms with van der Waals surface area (Å²) in [4.78, 5) is 76.8. The SMILES string of the molecule is Cn1c(=O)n(C2CCC(=O)NC2=O)c2cccc(CN3CCC4(CC3)CCN(C(=O)[C@H]3CC[C@H](n5cc(NC(=O)c6cnn7ccc(N8C[C@H]9C[C@@H]8CO9)nc67)c(C(F)F)n5)CC3)CC4)c21. The highest BCUT2D eigenvalue weighted by Crippen LogP contribution is 2.43. The highest BCUT2D eigenvalue weighted by atomic mass is 19.3. The number of carbonyl (C=O) groups is 4. The number of fused-ring (bicyclic) bond motifs is 4. The number of aryl methyl sites for hydroxylation is 1. The van der Waals surface area contributed by atoms with E-state index in [0.717, 1.165) is 62.8 Å². The topological polar surface area (TPSA) is 186 Å². The number of anilines is 2. The van der Waals surface area contributed by atoms with Gasteiger partial charge in [0.15, 0.2) is 11.3 Å². The number of para-hydroxylation sites is 1. The number of morpholine rings is 1. The molecule has 348 valence electrons. The Balaban J connectivity index is 0.677. The first kappa shape index (κ1) is 42.6. The first-order chi connectivity index (χ1) is 31.9. The van der Waals surface area contributed by atoms with Crippen molar-refractivity contribution >= 4 is 51.8 Å². The third-order valence-corrected chi connectivity index (χ3v) is 15.6. The van der Waals surface area contributed by atoms with Gasteiger partial charge in [0.05, 0.1) is 47.7 Å². The molecule has 11 rings (SSSR count). The van der Waals surface area contributed by atoms with Gasteiger partial charge in [-0.15, -0.1) is 0 Å². The molecule has 5 aromatic rings. The second-order valence-electron chi connectivity index (χ2n) is 19.3. The number of likely N-dealkylation sites (tertiary alicyclic amines) is 2. The molecule has 2 bridgehead atoms. The molecule has 4 amide bonds.